The minimum atomic E-state index is -0.526. The lowest BCUT2D eigenvalue weighted by Gasteiger charge is -2.22. The molecule has 0 fully saturated rings. The number of rotatable bonds is 9. The SMILES string of the molecule is COc1ccc(NC(=O)CNC(=O)CN(Cc2ccc(F)cc2)C(=O)c2cccc(Cl)c2)cc1. The zero-order valence-electron chi connectivity index (χ0n) is 18.4. The molecule has 9 heteroatoms. The van der Waals surface area contributed by atoms with Gasteiger partial charge < -0.3 is 20.3 Å². The van der Waals surface area contributed by atoms with E-state index in [4.69, 9.17) is 16.3 Å². The molecule has 0 unspecified atom stereocenters. The Bertz CT molecular complexity index is 1150. The van der Waals surface area contributed by atoms with Crippen molar-refractivity contribution in [3.63, 3.8) is 0 Å². The summed E-state index contributed by atoms with van der Waals surface area (Å²) in [5.74, 6) is -1.13. The average Bonchev–Trinajstić information content (AvgIpc) is 2.83. The highest BCUT2D eigenvalue weighted by Gasteiger charge is 2.20. The van der Waals surface area contributed by atoms with Gasteiger partial charge in [-0.1, -0.05) is 29.8 Å². The molecule has 0 saturated carbocycles. The van der Waals surface area contributed by atoms with Gasteiger partial charge in [0.25, 0.3) is 5.91 Å². The van der Waals surface area contributed by atoms with E-state index < -0.39 is 23.5 Å². The van der Waals surface area contributed by atoms with E-state index in [1.165, 1.54) is 35.2 Å². The smallest absolute Gasteiger partial charge is 0.254 e. The number of hydrogen-bond donors (Lipinski definition) is 2. The van der Waals surface area contributed by atoms with Crippen molar-refractivity contribution in [3.05, 3.63) is 94.8 Å². The number of methoxy groups -OCH3 is 1. The number of anilines is 1. The van der Waals surface area contributed by atoms with E-state index in [9.17, 15) is 18.8 Å². The number of carbonyl (C=O) groups excluding carboxylic acids is 3. The number of halogens is 2. The van der Waals surface area contributed by atoms with Gasteiger partial charge in [0, 0.05) is 22.8 Å². The van der Waals surface area contributed by atoms with E-state index in [2.05, 4.69) is 10.6 Å². The van der Waals surface area contributed by atoms with E-state index >= 15 is 0 Å². The Labute approximate surface area is 201 Å². The predicted molar refractivity (Wildman–Crippen MR) is 127 cm³/mol. The molecule has 2 N–H and O–H groups in total. The van der Waals surface area contributed by atoms with Gasteiger partial charge in [-0.25, -0.2) is 4.39 Å². The van der Waals surface area contributed by atoms with Crippen molar-refractivity contribution in [2.75, 3.05) is 25.5 Å². The van der Waals surface area contributed by atoms with Gasteiger partial charge in [-0.05, 0) is 60.2 Å². The first kappa shape index (κ1) is 24.7. The summed E-state index contributed by atoms with van der Waals surface area (Å²) in [6.45, 7) is -0.518. The summed E-state index contributed by atoms with van der Waals surface area (Å²) in [5, 5.41) is 5.56. The summed E-state index contributed by atoms with van der Waals surface area (Å²) in [6.07, 6.45) is 0. The van der Waals surface area contributed by atoms with E-state index in [0.29, 0.717) is 27.6 Å². The molecule has 0 radical (unpaired) electrons. The average molecular weight is 484 g/mol. The highest BCUT2D eigenvalue weighted by molar-refractivity contribution is 6.31. The predicted octanol–water partition coefficient (Wildman–Crippen LogP) is 3.89. The molecule has 0 atom stereocenters. The minimum Gasteiger partial charge on any atom is -0.497 e. The van der Waals surface area contributed by atoms with Crippen LogP contribution in [0.5, 0.6) is 5.75 Å². The Morgan fingerprint density at radius 1 is 0.971 bits per heavy atom. The molecule has 176 valence electrons. The van der Waals surface area contributed by atoms with Crippen molar-refractivity contribution >= 4 is 35.0 Å². The molecule has 3 rings (SSSR count). The lowest BCUT2D eigenvalue weighted by Crippen LogP contribution is -2.42. The summed E-state index contributed by atoms with van der Waals surface area (Å²) < 4.78 is 18.3. The third kappa shape index (κ3) is 7.31. The largest absolute Gasteiger partial charge is 0.497 e. The number of carbonyl (C=O) groups is 3. The Balaban J connectivity index is 1.63. The molecule has 3 amide bonds. The second-order valence-electron chi connectivity index (χ2n) is 7.35. The van der Waals surface area contributed by atoms with Crippen LogP contribution < -0.4 is 15.4 Å². The molecule has 0 heterocycles. The first-order valence-corrected chi connectivity index (χ1v) is 10.7. The lowest BCUT2D eigenvalue weighted by molar-refractivity contribution is -0.124. The Hall–Kier alpha value is -3.91. The molecule has 7 nitrogen and oxygen atoms in total. The number of hydrogen-bond acceptors (Lipinski definition) is 4. The van der Waals surface area contributed by atoms with Gasteiger partial charge in [0.2, 0.25) is 11.8 Å². The minimum absolute atomic E-state index is 0.0666. The second kappa shape index (κ2) is 11.8. The van der Waals surface area contributed by atoms with E-state index in [0.717, 1.165) is 0 Å². The zero-order valence-corrected chi connectivity index (χ0v) is 19.1. The van der Waals surface area contributed by atoms with Gasteiger partial charge in [-0.15, -0.1) is 0 Å². The van der Waals surface area contributed by atoms with Gasteiger partial charge in [-0.3, -0.25) is 14.4 Å². The van der Waals surface area contributed by atoms with Gasteiger partial charge in [0.1, 0.15) is 18.1 Å². The van der Waals surface area contributed by atoms with Crippen LogP contribution in [0.15, 0.2) is 72.8 Å². The molecule has 0 aromatic heterocycles. The highest BCUT2D eigenvalue weighted by atomic mass is 35.5. The van der Waals surface area contributed by atoms with Gasteiger partial charge in [0.15, 0.2) is 0 Å². The molecule has 0 aliphatic heterocycles. The van der Waals surface area contributed by atoms with Crippen molar-refractivity contribution in [3.8, 4) is 5.75 Å². The van der Waals surface area contributed by atoms with Crippen molar-refractivity contribution in [2.24, 2.45) is 0 Å². The number of benzene rings is 3. The second-order valence-corrected chi connectivity index (χ2v) is 7.79. The summed E-state index contributed by atoms with van der Waals surface area (Å²) in [7, 11) is 1.54. The van der Waals surface area contributed by atoms with E-state index in [1.807, 2.05) is 0 Å². The van der Waals surface area contributed by atoms with Crippen LogP contribution in [0, 0.1) is 5.82 Å². The molecule has 3 aromatic carbocycles. The van der Waals surface area contributed by atoms with Gasteiger partial charge >= 0.3 is 0 Å². The number of nitrogens with one attached hydrogen (secondary N) is 2. The van der Waals surface area contributed by atoms with Crippen LogP contribution in [0.1, 0.15) is 15.9 Å². The molecular weight excluding hydrogens is 461 g/mol. The molecule has 34 heavy (non-hydrogen) atoms. The van der Waals surface area contributed by atoms with Crippen LogP contribution in [0.2, 0.25) is 5.02 Å². The molecule has 0 spiro atoms. The van der Waals surface area contributed by atoms with Crippen LogP contribution in [-0.2, 0) is 16.1 Å². The summed E-state index contributed by atoms with van der Waals surface area (Å²) in [5.41, 5.74) is 1.50. The van der Waals surface area contributed by atoms with Gasteiger partial charge in [0.05, 0.1) is 13.7 Å². The maximum atomic E-state index is 13.3. The first-order valence-electron chi connectivity index (χ1n) is 10.3. The number of ether oxygens (including phenoxy) is 1. The fourth-order valence-electron chi connectivity index (χ4n) is 3.10. The lowest BCUT2D eigenvalue weighted by atomic mass is 10.1. The number of amides is 3. The monoisotopic (exact) mass is 483 g/mol. The third-order valence-corrected chi connectivity index (χ3v) is 5.03. The van der Waals surface area contributed by atoms with Crippen molar-refractivity contribution in [1.82, 2.24) is 10.2 Å². The van der Waals surface area contributed by atoms with E-state index in [-0.39, 0.29) is 19.6 Å². The van der Waals surface area contributed by atoms with Crippen LogP contribution in [0.25, 0.3) is 0 Å². The summed E-state index contributed by atoms with van der Waals surface area (Å²) in [4.78, 5) is 39.1. The molecule has 0 saturated heterocycles. The maximum absolute atomic E-state index is 13.3. The van der Waals surface area contributed by atoms with Crippen molar-refractivity contribution in [2.45, 2.75) is 6.54 Å². The van der Waals surface area contributed by atoms with Crippen LogP contribution in [-0.4, -0.2) is 42.8 Å². The summed E-state index contributed by atoms with van der Waals surface area (Å²) in [6, 6.07) is 18.7. The fraction of sp³-hybridized carbons (Fsp3) is 0.160. The molecule has 0 bridgehead atoms. The van der Waals surface area contributed by atoms with Crippen molar-refractivity contribution < 1.29 is 23.5 Å². The normalized spacial score (nSPS) is 10.3. The molecular formula is C25H23ClFN3O4. The zero-order chi connectivity index (χ0) is 24.5. The first-order chi connectivity index (χ1) is 16.3. The standard InChI is InChI=1S/C25H23ClFN3O4/c1-34-22-11-9-21(10-12-22)29-23(31)14-28-24(32)16-30(15-17-5-7-20(27)8-6-17)25(33)18-3-2-4-19(26)13-18/h2-13H,14-16H2,1H3,(H,28,32)(H,29,31). The fourth-order valence-corrected chi connectivity index (χ4v) is 3.29. The summed E-state index contributed by atoms with van der Waals surface area (Å²) >= 11 is 6.00. The maximum Gasteiger partial charge on any atom is 0.254 e. The Kier molecular flexibility index (Phi) is 8.59. The Morgan fingerprint density at radius 2 is 1.68 bits per heavy atom. The molecule has 3 aromatic rings. The van der Waals surface area contributed by atoms with Crippen molar-refractivity contribution in [1.29, 1.82) is 0 Å². The quantitative estimate of drug-likeness (QED) is 0.483. The Morgan fingerprint density at radius 3 is 2.32 bits per heavy atom. The van der Waals surface area contributed by atoms with E-state index in [1.54, 1.807) is 49.6 Å². The molecule has 0 aliphatic rings. The topological polar surface area (TPSA) is 87.7 Å². The van der Waals surface area contributed by atoms with Crippen LogP contribution in [0.3, 0.4) is 0 Å². The molecule has 0 aliphatic carbocycles. The van der Waals surface area contributed by atoms with Crippen LogP contribution >= 0.6 is 11.6 Å². The van der Waals surface area contributed by atoms with Crippen LogP contribution in [0.4, 0.5) is 10.1 Å². The number of nitrogens with zero attached hydrogens (tertiary/aromatic N) is 1. The highest BCUT2D eigenvalue weighted by Crippen LogP contribution is 2.16. The third-order valence-electron chi connectivity index (χ3n) is 4.80. The van der Waals surface area contributed by atoms with Gasteiger partial charge in [-0.2, -0.15) is 0 Å².